The molecule has 0 aromatic carbocycles. The highest BCUT2D eigenvalue weighted by molar-refractivity contribution is 5.38. The van der Waals surface area contributed by atoms with Crippen LogP contribution in [0.4, 0.5) is 0 Å². The van der Waals surface area contributed by atoms with E-state index in [1.165, 1.54) is 30.4 Å². The van der Waals surface area contributed by atoms with Crippen LogP contribution >= 0.6 is 0 Å². The van der Waals surface area contributed by atoms with Crippen LogP contribution in [0.3, 0.4) is 0 Å². The van der Waals surface area contributed by atoms with E-state index in [1.807, 2.05) is 13.8 Å². The highest BCUT2D eigenvalue weighted by Gasteiger charge is 2.38. The first-order chi connectivity index (χ1) is 14.6. The maximum absolute atomic E-state index is 10.3. The van der Waals surface area contributed by atoms with Crippen LogP contribution < -0.4 is 0 Å². The molecule has 0 N–H and O–H groups in total. The zero-order chi connectivity index (χ0) is 25.2. The van der Waals surface area contributed by atoms with E-state index in [4.69, 9.17) is 4.74 Å². The summed E-state index contributed by atoms with van der Waals surface area (Å²) in [5.74, 6) is 2.00. The van der Waals surface area contributed by atoms with Gasteiger partial charge in [0.25, 0.3) is 6.47 Å². The molecule has 0 bridgehead atoms. The van der Waals surface area contributed by atoms with Crippen molar-refractivity contribution in [1.29, 1.82) is 0 Å². The molecule has 0 radical (unpaired) electrons. The Hall–Kier alpha value is -1.05. The molecular weight excluding hydrogens is 392 g/mol. The van der Waals surface area contributed by atoms with Crippen LogP contribution in [-0.2, 0) is 9.53 Å². The van der Waals surface area contributed by atoms with Crippen molar-refractivity contribution < 1.29 is 9.53 Å². The summed E-state index contributed by atoms with van der Waals surface area (Å²) in [6.45, 7) is 29.9. The zero-order valence-electron chi connectivity index (χ0n) is 23.6. The smallest absolute Gasteiger partial charge is 0.293 e. The zero-order valence-corrected chi connectivity index (χ0v) is 23.6. The Morgan fingerprint density at radius 2 is 1.50 bits per heavy atom. The van der Waals surface area contributed by atoms with E-state index in [2.05, 4.69) is 75.0 Å². The summed E-state index contributed by atoms with van der Waals surface area (Å²) < 4.78 is 5.12. The molecule has 1 aliphatic rings. The molecule has 0 aliphatic heterocycles. The van der Waals surface area contributed by atoms with E-state index >= 15 is 0 Å². The van der Waals surface area contributed by atoms with Gasteiger partial charge in [-0.15, -0.1) is 0 Å². The van der Waals surface area contributed by atoms with Crippen LogP contribution in [0, 0.1) is 28.6 Å². The molecule has 188 valence electrons. The molecule has 2 nitrogen and oxygen atoms in total. The van der Waals surface area contributed by atoms with Crippen molar-refractivity contribution in [3.05, 3.63) is 23.8 Å². The lowest BCUT2D eigenvalue weighted by atomic mass is 9.61. The van der Waals surface area contributed by atoms with Gasteiger partial charge in [0, 0.05) is 0 Å². The lowest BCUT2D eigenvalue weighted by Gasteiger charge is -2.44. The van der Waals surface area contributed by atoms with E-state index in [0.717, 1.165) is 43.9 Å². The van der Waals surface area contributed by atoms with Gasteiger partial charge in [0.1, 0.15) is 5.60 Å². The molecule has 0 aromatic rings. The first-order valence-electron chi connectivity index (χ1n) is 13.1. The standard InChI is InChI=1S/C19H34.C11H22O2/c1-14-10-9-11-16(18(3,4)5)17(19(6,7)8)13-15(2)12-14;1-5-7-10(8-6-2)11(3,4)13-9-12/h12,16-17H,2,9-11,13H2,1,3-8H3;9-10H,5-8H2,1-4H3/b14-12-;. The van der Waals surface area contributed by atoms with Crippen molar-refractivity contribution in [3.63, 3.8) is 0 Å². The minimum atomic E-state index is -0.298. The summed E-state index contributed by atoms with van der Waals surface area (Å²) in [4.78, 5) is 10.3. The number of ether oxygens (including phenoxy) is 1. The fourth-order valence-electron chi connectivity index (χ4n) is 5.41. The normalized spacial score (nSPS) is 22.6. The second kappa shape index (κ2) is 13.6. The van der Waals surface area contributed by atoms with Crippen molar-refractivity contribution >= 4 is 6.47 Å². The molecule has 2 unspecified atom stereocenters. The van der Waals surface area contributed by atoms with Crippen molar-refractivity contribution in [2.45, 2.75) is 133 Å². The molecule has 0 amide bonds. The summed E-state index contributed by atoms with van der Waals surface area (Å²) in [5.41, 5.74) is 3.28. The van der Waals surface area contributed by atoms with Crippen molar-refractivity contribution in [2.75, 3.05) is 0 Å². The molecule has 2 atom stereocenters. The number of allylic oxidation sites excluding steroid dienone is 3. The van der Waals surface area contributed by atoms with Gasteiger partial charge in [-0.3, -0.25) is 4.79 Å². The van der Waals surface area contributed by atoms with Crippen molar-refractivity contribution in [1.82, 2.24) is 0 Å². The van der Waals surface area contributed by atoms with Crippen molar-refractivity contribution in [3.8, 4) is 0 Å². The molecule has 0 aromatic heterocycles. The first-order valence-corrected chi connectivity index (χ1v) is 13.1. The van der Waals surface area contributed by atoms with Gasteiger partial charge in [-0.1, -0.05) is 92.0 Å². The van der Waals surface area contributed by atoms with Crippen LogP contribution in [0.25, 0.3) is 0 Å². The Kier molecular flexibility index (Phi) is 13.2. The largest absolute Gasteiger partial charge is 0.462 e. The van der Waals surface area contributed by atoms with Gasteiger partial charge in [-0.2, -0.15) is 0 Å². The van der Waals surface area contributed by atoms with Crippen LogP contribution in [0.1, 0.15) is 128 Å². The number of hydrogen-bond donors (Lipinski definition) is 0. The Balaban J connectivity index is 0.000000649. The Morgan fingerprint density at radius 1 is 1.00 bits per heavy atom. The topological polar surface area (TPSA) is 26.3 Å². The summed E-state index contributed by atoms with van der Waals surface area (Å²) in [7, 11) is 0. The summed E-state index contributed by atoms with van der Waals surface area (Å²) >= 11 is 0. The number of hydrogen-bond acceptors (Lipinski definition) is 2. The van der Waals surface area contributed by atoms with Crippen molar-refractivity contribution in [2.24, 2.45) is 28.6 Å². The van der Waals surface area contributed by atoms with Crippen LogP contribution in [0.5, 0.6) is 0 Å². The Labute approximate surface area is 201 Å². The second-order valence-corrected chi connectivity index (χ2v) is 12.8. The van der Waals surface area contributed by atoms with E-state index in [-0.39, 0.29) is 5.60 Å². The Morgan fingerprint density at radius 3 is 1.91 bits per heavy atom. The Bertz CT molecular complexity index is 577. The van der Waals surface area contributed by atoms with E-state index in [1.54, 1.807) is 0 Å². The summed E-state index contributed by atoms with van der Waals surface area (Å²) in [5, 5.41) is 0. The summed E-state index contributed by atoms with van der Waals surface area (Å²) in [6, 6.07) is 0. The van der Waals surface area contributed by atoms with E-state index in [0.29, 0.717) is 23.2 Å². The molecule has 0 fully saturated rings. The van der Waals surface area contributed by atoms with Crippen LogP contribution in [0.15, 0.2) is 23.8 Å². The molecule has 1 aliphatic carbocycles. The maximum atomic E-state index is 10.3. The maximum Gasteiger partial charge on any atom is 0.293 e. The van der Waals surface area contributed by atoms with Gasteiger partial charge in [0.15, 0.2) is 0 Å². The molecule has 0 heterocycles. The molecule has 32 heavy (non-hydrogen) atoms. The van der Waals surface area contributed by atoms with E-state index < -0.39 is 0 Å². The molecular formula is C30H56O2. The molecule has 0 saturated carbocycles. The first kappa shape index (κ1) is 30.9. The van der Waals surface area contributed by atoms with E-state index in [9.17, 15) is 4.79 Å². The predicted octanol–water partition coefficient (Wildman–Crippen LogP) is 9.54. The third kappa shape index (κ3) is 11.2. The van der Waals surface area contributed by atoms with Gasteiger partial charge < -0.3 is 4.74 Å². The van der Waals surface area contributed by atoms with Crippen LogP contribution in [0.2, 0.25) is 0 Å². The SMILES string of the molecule is C=C1/C=C(/C)CCCC(C(C)(C)C)C(C(C)(C)C)C1.CCCC(CCC)C(C)(C)OC=O. The quantitative estimate of drug-likeness (QED) is 0.362. The minimum absolute atomic E-state index is 0.298. The summed E-state index contributed by atoms with van der Waals surface area (Å²) in [6.07, 6.45) is 12.0. The van der Waals surface area contributed by atoms with Gasteiger partial charge in [-0.25, -0.2) is 0 Å². The number of carbonyl (C=O) groups is 1. The fourth-order valence-corrected chi connectivity index (χ4v) is 5.41. The molecule has 1 rings (SSSR count). The molecule has 2 heteroatoms. The molecule has 0 saturated heterocycles. The highest BCUT2D eigenvalue weighted by Crippen LogP contribution is 2.47. The lowest BCUT2D eigenvalue weighted by molar-refractivity contribution is -0.146. The van der Waals surface area contributed by atoms with Gasteiger partial charge in [0.05, 0.1) is 0 Å². The third-order valence-corrected chi connectivity index (χ3v) is 7.34. The third-order valence-electron chi connectivity index (χ3n) is 7.34. The van der Waals surface area contributed by atoms with Gasteiger partial charge >= 0.3 is 0 Å². The average molecular weight is 449 g/mol. The number of carbonyl (C=O) groups excluding carboxylic acids is 1. The van der Waals surface area contributed by atoms with Gasteiger partial charge in [-0.05, 0) is 87.9 Å². The highest BCUT2D eigenvalue weighted by atomic mass is 16.5. The molecule has 0 spiro atoms. The van der Waals surface area contributed by atoms with Crippen LogP contribution in [-0.4, -0.2) is 12.1 Å². The number of rotatable bonds is 7. The van der Waals surface area contributed by atoms with Gasteiger partial charge in [0.2, 0.25) is 0 Å². The average Bonchev–Trinajstić information content (AvgIpc) is 2.69. The minimum Gasteiger partial charge on any atom is -0.462 e. The lowest BCUT2D eigenvalue weighted by Crippen LogP contribution is -2.36. The fraction of sp³-hybridized carbons (Fsp3) is 0.833. The predicted molar refractivity (Wildman–Crippen MR) is 142 cm³/mol. The monoisotopic (exact) mass is 448 g/mol. The second-order valence-electron chi connectivity index (χ2n) is 12.8.